The minimum atomic E-state index is -1.50. The Bertz CT molecular complexity index is 173. The second kappa shape index (κ2) is 13.7. The number of hydrogen-bond acceptors (Lipinski definition) is 5. The summed E-state index contributed by atoms with van der Waals surface area (Å²) in [7, 11) is 0. The summed E-state index contributed by atoms with van der Waals surface area (Å²) < 4.78 is 4.59. The zero-order valence-corrected chi connectivity index (χ0v) is 11.0. The molecule has 0 aromatic carbocycles. The Kier molecular flexibility index (Phi) is 18.4. The molecule has 0 amide bonds. The van der Waals surface area contributed by atoms with Crippen LogP contribution in [0.25, 0.3) is 0 Å². The van der Waals surface area contributed by atoms with Crippen LogP contribution in [0.5, 0.6) is 0 Å². The minimum Gasteiger partial charge on any atom is -0.481 e. The molecule has 0 saturated carbocycles. The van der Waals surface area contributed by atoms with Crippen molar-refractivity contribution in [2.24, 2.45) is 5.92 Å². The fourth-order valence-corrected chi connectivity index (χ4v) is 0.611. The Morgan fingerprint density at radius 1 is 1.60 bits per heavy atom. The molecule has 0 spiro atoms. The van der Waals surface area contributed by atoms with E-state index in [1.54, 1.807) is 6.92 Å². The number of ether oxygens (including phenoxy) is 1. The van der Waals surface area contributed by atoms with Crippen LogP contribution in [0.15, 0.2) is 0 Å². The molecule has 0 fully saturated rings. The summed E-state index contributed by atoms with van der Waals surface area (Å²) in [5.41, 5.74) is 0. The first-order chi connectivity index (χ1) is 6.40. The summed E-state index contributed by atoms with van der Waals surface area (Å²) in [5, 5.41) is 30.1. The van der Waals surface area contributed by atoms with E-state index in [1.807, 2.05) is 0 Å². The third-order valence-electron chi connectivity index (χ3n) is 1.02. The van der Waals surface area contributed by atoms with Gasteiger partial charge in [0.05, 0.1) is 13.0 Å². The average molecular weight is 300 g/mol. The summed E-state index contributed by atoms with van der Waals surface area (Å²) in [5.74, 6) is -0.876. The van der Waals surface area contributed by atoms with Gasteiger partial charge in [-0.2, -0.15) is 0 Å². The van der Waals surface area contributed by atoms with E-state index in [0.29, 0.717) is 6.61 Å². The van der Waals surface area contributed by atoms with E-state index in [9.17, 15) is 4.79 Å². The number of nitrogens with zero attached hydrogens (tertiary/aromatic N) is 1. The second-order valence-electron chi connectivity index (χ2n) is 2.44. The molecule has 0 aliphatic rings. The number of carbonyl (C=O) groups is 1. The zero-order chi connectivity index (χ0) is 11.6. The monoisotopic (exact) mass is 300 g/mol. The number of carboxylic acids is 1. The normalized spacial score (nSPS) is 10.3. The molecular weight excluding hydrogens is 287 g/mol. The van der Waals surface area contributed by atoms with Gasteiger partial charge in [0.25, 0.3) is 5.09 Å². The van der Waals surface area contributed by atoms with E-state index in [0.717, 1.165) is 0 Å². The van der Waals surface area contributed by atoms with Gasteiger partial charge in [0.2, 0.25) is 0 Å². The van der Waals surface area contributed by atoms with Gasteiger partial charge in [0, 0.05) is 32.7 Å². The fourth-order valence-electron chi connectivity index (χ4n) is 0.611. The predicted octanol–water partition coefficient (Wildman–Crippen LogP) is -0.287. The zero-order valence-electron chi connectivity index (χ0n) is 8.20. The third kappa shape index (κ3) is 31.6. The van der Waals surface area contributed by atoms with Crippen molar-refractivity contribution in [3.8, 4) is 0 Å². The summed E-state index contributed by atoms with van der Waals surface area (Å²) in [6.07, 6.45) is 0.0833. The van der Waals surface area contributed by atoms with Crippen molar-refractivity contribution in [1.29, 1.82) is 0 Å². The number of rotatable bonds is 5. The van der Waals surface area contributed by atoms with E-state index in [2.05, 4.69) is 4.74 Å². The molecule has 0 aliphatic carbocycles. The van der Waals surface area contributed by atoms with Gasteiger partial charge in [-0.3, -0.25) is 4.79 Å². The van der Waals surface area contributed by atoms with Crippen LogP contribution < -0.4 is 0 Å². The number of hydrogen-bond donors (Lipinski definition) is 3. The summed E-state index contributed by atoms with van der Waals surface area (Å²) in [6, 6.07) is 0. The standard InChI is InChI=1S/C6H12O4.HNO3.Y/c1-5(2-6(8)9)3-10-4-7;2-1(3)4;/h5,7H,2-4H2,1H3,(H,8,9);(H,2,3,4);. The molecular formula is C6H13NO7Y. The van der Waals surface area contributed by atoms with E-state index >= 15 is 0 Å². The Morgan fingerprint density at radius 2 is 2.00 bits per heavy atom. The maximum atomic E-state index is 10.1. The van der Waals surface area contributed by atoms with Gasteiger partial charge >= 0.3 is 5.97 Å². The van der Waals surface area contributed by atoms with Gasteiger partial charge in [-0.15, -0.1) is 10.1 Å². The maximum Gasteiger partial charge on any atom is 0.303 e. The van der Waals surface area contributed by atoms with E-state index < -0.39 is 11.1 Å². The molecule has 0 saturated heterocycles. The molecule has 1 unspecified atom stereocenters. The van der Waals surface area contributed by atoms with Crippen LogP contribution >= 0.6 is 0 Å². The van der Waals surface area contributed by atoms with Crippen LogP contribution in [0.1, 0.15) is 13.3 Å². The summed E-state index contributed by atoms with van der Waals surface area (Å²) in [6.45, 7) is 1.70. The largest absolute Gasteiger partial charge is 0.481 e. The van der Waals surface area contributed by atoms with Gasteiger partial charge in [-0.25, -0.2) is 0 Å². The molecule has 0 aromatic rings. The first kappa shape index (κ1) is 20.1. The van der Waals surface area contributed by atoms with Crippen LogP contribution in [0, 0.1) is 16.0 Å². The fraction of sp³-hybridized carbons (Fsp3) is 0.833. The summed E-state index contributed by atoms with van der Waals surface area (Å²) in [4.78, 5) is 18.4. The predicted molar refractivity (Wildman–Crippen MR) is 43.2 cm³/mol. The summed E-state index contributed by atoms with van der Waals surface area (Å²) >= 11 is 0. The van der Waals surface area contributed by atoms with E-state index in [4.69, 9.17) is 25.5 Å². The molecule has 9 heteroatoms. The van der Waals surface area contributed by atoms with Crippen molar-refractivity contribution < 1.29 is 62.7 Å². The molecule has 0 aliphatic heterocycles. The SMILES string of the molecule is CC(COCO)CC(=O)O.O=[N+]([O-])O.[Y]. The second-order valence-corrected chi connectivity index (χ2v) is 2.44. The van der Waals surface area contributed by atoms with Crippen LogP contribution in [-0.4, -0.2) is 39.9 Å². The van der Waals surface area contributed by atoms with Crippen molar-refractivity contribution in [3.63, 3.8) is 0 Å². The van der Waals surface area contributed by atoms with Gasteiger partial charge in [-0.1, -0.05) is 6.92 Å². The van der Waals surface area contributed by atoms with Crippen LogP contribution in [0.3, 0.4) is 0 Å². The Hall–Kier alpha value is -0.306. The third-order valence-corrected chi connectivity index (χ3v) is 1.02. The van der Waals surface area contributed by atoms with Crippen LogP contribution in [-0.2, 0) is 42.2 Å². The Balaban J connectivity index is -0.000000249. The molecule has 0 heterocycles. The molecule has 87 valence electrons. The quantitative estimate of drug-likeness (QED) is 0.361. The molecule has 8 nitrogen and oxygen atoms in total. The maximum absolute atomic E-state index is 10.1. The molecule has 0 aromatic heterocycles. The molecule has 1 radical (unpaired) electrons. The van der Waals surface area contributed by atoms with Gasteiger partial charge in [-0.05, 0) is 5.92 Å². The Morgan fingerprint density at radius 3 is 2.27 bits per heavy atom. The Labute approximate surface area is 111 Å². The van der Waals surface area contributed by atoms with Crippen molar-refractivity contribution in [2.75, 3.05) is 13.4 Å². The smallest absolute Gasteiger partial charge is 0.303 e. The molecule has 0 bridgehead atoms. The van der Waals surface area contributed by atoms with Gasteiger partial charge in [0.1, 0.15) is 6.79 Å². The number of aliphatic hydroxyl groups is 1. The molecule has 15 heavy (non-hydrogen) atoms. The first-order valence-corrected chi connectivity index (χ1v) is 3.63. The topological polar surface area (TPSA) is 130 Å². The van der Waals surface area contributed by atoms with Crippen LogP contribution in [0.4, 0.5) is 0 Å². The van der Waals surface area contributed by atoms with Crippen molar-refractivity contribution in [1.82, 2.24) is 0 Å². The van der Waals surface area contributed by atoms with E-state index in [1.165, 1.54) is 0 Å². The number of aliphatic hydroxyl groups excluding tert-OH is 1. The van der Waals surface area contributed by atoms with Gasteiger partial charge < -0.3 is 20.2 Å². The first-order valence-electron chi connectivity index (χ1n) is 3.63. The minimum absolute atomic E-state index is 0. The average Bonchev–Trinajstić information content (AvgIpc) is 1.98. The molecule has 3 N–H and O–H groups in total. The van der Waals surface area contributed by atoms with Crippen molar-refractivity contribution in [2.45, 2.75) is 13.3 Å². The number of carboxylic acid groups (broad SMARTS) is 1. The van der Waals surface area contributed by atoms with Crippen molar-refractivity contribution >= 4 is 5.97 Å². The molecule has 1 atom stereocenters. The van der Waals surface area contributed by atoms with E-state index in [-0.39, 0.29) is 51.8 Å². The van der Waals surface area contributed by atoms with Gasteiger partial charge in [0.15, 0.2) is 0 Å². The van der Waals surface area contributed by atoms with Crippen LogP contribution in [0.2, 0.25) is 0 Å². The van der Waals surface area contributed by atoms with Crippen molar-refractivity contribution in [3.05, 3.63) is 10.1 Å². The number of aliphatic carboxylic acids is 1. The molecule has 0 rings (SSSR count).